The molecule has 0 heterocycles. The molecule has 3 heteroatoms. The highest BCUT2D eigenvalue weighted by Crippen LogP contribution is 2.01. The van der Waals surface area contributed by atoms with Gasteiger partial charge in [-0.05, 0) is 24.6 Å². The molecular formula is C15H16N2O. The lowest BCUT2D eigenvalue weighted by atomic mass is 10.2. The number of benzene rings is 1. The van der Waals surface area contributed by atoms with Gasteiger partial charge in [-0.2, -0.15) is 5.26 Å². The van der Waals surface area contributed by atoms with Crippen molar-refractivity contribution in [2.75, 3.05) is 0 Å². The van der Waals surface area contributed by atoms with Crippen LogP contribution in [0.1, 0.15) is 12.5 Å². The summed E-state index contributed by atoms with van der Waals surface area (Å²) in [4.78, 5) is 9.47. The van der Waals surface area contributed by atoms with E-state index in [2.05, 4.69) is 18.4 Å². The molecule has 0 aliphatic carbocycles. The largest absolute Gasteiger partial charge is 0.366 e. The Hall–Kier alpha value is -2.60. The Morgan fingerprint density at radius 3 is 2.39 bits per heavy atom. The molecular weight excluding hydrogens is 224 g/mol. The van der Waals surface area contributed by atoms with Gasteiger partial charge in [-0.15, -0.1) is 0 Å². The van der Waals surface area contributed by atoms with Crippen molar-refractivity contribution in [2.24, 2.45) is 5.73 Å². The van der Waals surface area contributed by atoms with Crippen LogP contribution in [-0.2, 0) is 4.79 Å². The Morgan fingerprint density at radius 2 is 1.94 bits per heavy atom. The van der Waals surface area contributed by atoms with E-state index in [-0.39, 0.29) is 0 Å². The number of hydrogen-bond acceptors (Lipinski definition) is 2. The third kappa shape index (κ3) is 8.69. The van der Waals surface area contributed by atoms with Gasteiger partial charge in [0.2, 0.25) is 5.91 Å². The molecule has 0 aromatic heterocycles. The van der Waals surface area contributed by atoms with E-state index in [1.165, 1.54) is 0 Å². The second kappa shape index (κ2) is 9.61. The quantitative estimate of drug-likeness (QED) is 0.501. The molecule has 0 spiro atoms. The van der Waals surface area contributed by atoms with Gasteiger partial charge in [0.15, 0.2) is 0 Å². The SMILES string of the molecule is C=CC(N)=O.CC(C#N)=CC=Cc1ccccc1. The average molecular weight is 240 g/mol. The van der Waals surface area contributed by atoms with Crippen molar-refractivity contribution in [1.29, 1.82) is 5.26 Å². The summed E-state index contributed by atoms with van der Waals surface area (Å²) in [6.07, 6.45) is 6.71. The first-order valence-electron chi connectivity index (χ1n) is 5.32. The fraction of sp³-hybridized carbons (Fsp3) is 0.0667. The maximum atomic E-state index is 9.47. The first-order valence-corrected chi connectivity index (χ1v) is 5.32. The molecule has 1 aromatic carbocycles. The summed E-state index contributed by atoms with van der Waals surface area (Å²) in [5.74, 6) is -0.481. The predicted octanol–water partition coefficient (Wildman–Crippen LogP) is 2.83. The number of nitrogens with two attached hydrogens (primary N) is 1. The first-order chi connectivity index (χ1) is 8.60. The summed E-state index contributed by atoms with van der Waals surface area (Å²) in [6, 6.07) is 12.1. The number of nitrogens with zero attached hydrogens (tertiary/aromatic N) is 1. The van der Waals surface area contributed by atoms with Crippen LogP contribution in [0.15, 0.2) is 60.7 Å². The van der Waals surface area contributed by atoms with Gasteiger partial charge in [0.25, 0.3) is 0 Å². The van der Waals surface area contributed by atoms with Crippen LogP contribution in [0.25, 0.3) is 6.08 Å². The average Bonchev–Trinajstić information content (AvgIpc) is 2.40. The van der Waals surface area contributed by atoms with Crippen molar-refractivity contribution in [3.05, 3.63) is 66.3 Å². The van der Waals surface area contributed by atoms with Crippen LogP contribution in [0.3, 0.4) is 0 Å². The monoisotopic (exact) mass is 240 g/mol. The van der Waals surface area contributed by atoms with Crippen molar-refractivity contribution in [1.82, 2.24) is 0 Å². The van der Waals surface area contributed by atoms with Crippen molar-refractivity contribution in [3.8, 4) is 6.07 Å². The molecule has 92 valence electrons. The number of rotatable bonds is 3. The lowest BCUT2D eigenvalue weighted by molar-refractivity contribution is -0.113. The van der Waals surface area contributed by atoms with Crippen molar-refractivity contribution >= 4 is 12.0 Å². The van der Waals surface area contributed by atoms with Crippen LogP contribution < -0.4 is 5.73 Å². The maximum Gasteiger partial charge on any atom is 0.240 e. The van der Waals surface area contributed by atoms with Crippen molar-refractivity contribution < 1.29 is 4.79 Å². The lowest BCUT2D eigenvalue weighted by Crippen LogP contribution is -2.04. The molecule has 2 N–H and O–H groups in total. The fourth-order valence-corrected chi connectivity index (χ4v) is 0.905. The van der Waals surface area contributed by atoms with Crippen LogP contribution in [0.4, 0.5) is 0 Å². The molecule has 0 atom stereocenters. The Kier molecular flexibility index (Phi) is 8.22. The lowest BCUT2D eigenvalue weighted by Gasteiger charge is -1.88. The standard InChI is InChI=1S/C12H11N.C3H5NO/c1-11(10-13)6-5-9-12-7-3-2-4-8-12;1-2-3(4)5/h2-9H,1H3;2H,1H2,(H2,4,5). The van der Waals surface area contributed by atoms with Crippen LogP contribution in [0, 0.1) is 11.3 Å². The highest BCUT2D eigenvalue weighted by molar-refractivity contribution is 5.84. The zero-order valence-electron chi connectivity index (χ0n) is 10.3. The van der Waals surface area contributed by atoms with E-state index in [1.54, 1.807) is 13.0 Å². The number of nitriles is 1. The number of allylic oxidation sites excluding steroid dienone is 3. The molecule has 0 unspecified atom stereocenters. The van der Waals surface area contributed by atoms with Crippen molar-refractivity contribution in [2.45, 2.75) is 6.92 Å². The number of carbonyl (C=O) groups is 1. The van der Waals surface area contributed by atoms with Gasteiger partial charge in [-0.25, -0.2) is 0 Å². The molecule has 1 aromatic rings. The summed E-state index contributed by atoms with van der Waals surface area (Å²) < 4.78 is 0. The zero-order chi connectivity index (χ0) is 13.8. The van der Waals surface area contributed by atoms with Crippen LogP contribution in [0.2, 0.25) is 0 Å². The fourth-order valence-electron chi connectivity index (χ4n) is 0.905. The number of primary amides is 1. The van der Waals surface area contributed by atoms with E-state index in [4.69, 9.17) is 5.26 Å². The molecule has 0 aliphatic rings. The summed E-state index contributed by atoms with van der Waals surface area (Å²) in [6.45, 7) is 4.87. The minimum absolute atomic E-state index is 0.481. The summed E-state index contributed by atoms with van der Waals surface area (Å²) in [7, 11) is 0. The molecule has 0 saturated carbocycles. The highest BCUT2D eigenvalue weighted by Gasteiger charge is 1.81. The molecule has 18 heavy (non-hydrogen) atoms. The summed E-state index contributed by atoms with van der Waals surface area (Å²) in [5, 5.41) is 8.48. The smallest absolute Gasteiger partial charge is 0.240 e. The normalized spacial score (nSPS) is 10.1. The molecule has 0 saturated heterocycles. The number of carbonyl (C=O) groups excluding carboxylic acids is 1. The predicted molar refractivity (Wildman–Crippen MR) is 74.2 cm³/mol. The second-order valence-electron chi connectivity index (χ2n) is 3.34. The van der Waals surface area contributed by atoms with E-state index < -0.39 is 5.91 Å². The minimum atomic E-state index is -0.481. The molecule has 3 nitrogen and oxygen atoms in total. The maximum absolute atomic E-state index is 9.47. The third-order valence-corrected chi connectivity index (χ3v) is 1.81. The molecule has 1 amide bonds. The second-order valence-corrected chi connectivity index (χ2v) is 3.34. The minimum Gasteiger partial charge on any atom is -0.366 e. The van der Waals surface area contributed by atoms with E-state index >= 15 is 0 Å². The van der Waals surface area contributed by atoms with Gasteiger partial charge < -0.3 is 5.73 Å². The third-order valence-electron chi connectivity index (χ3n) is 1.81. The van der Waals surface area contributed by atoms with Gasteiger partial charge in [0.1, 0.15) is 0 Å². The summed E-state index contributed by atoms with van der Waals surface area (Å²) >= 11 is 0. The molecule has 0 fully saturated rings. The number of amides is 1. The Bertz CT molecular complexity index is 479. The van der Waals surface area contributed by atoms with Gasteiger partial charge >= 0.3 is 0 Å². The van der Waals surface area contributed by atoms with Crippen LogP contribution in [0.5, 0.6) is 0 Å². The Morgan fingerprint density at radius 1 is 1.39 bits per heavy atom. The van der Waals surface area contributed by atoms with E-state index in [1.807, 2.05) is 42.5 Å². The van der Waals surface area contributed by atoms with E-state index in [0.717, 1.165) is 11.6 Å². The topological polar surface area (TPSA) is 66.9 Å². The first kappa shape index (κ1) is 15.4. The van der Waals surface area contributed by atoms with Gasteiger partial charge in [0, 0.05) is 5.57 Å². The van der Waals surface area contributed by atoms with Gasteiger partial charge in [-0.3, -0.25) is 4.79 Å². The van der Waals surface area contributed by atoms with Gasteiger partial charge in [-0.1, -0.05) is 49.1 Å². The van der Waals surface area contributed by atoms with Crippen LogP contribution in [-0.4, -0.2) is 5.91 Å². The molecule has 1 rings (SSSR count). The Balaban J connectivity index is 0.000000494. The zero-order valence-corrected chi connectivity index (χ0v) is 10.3. The summed E-state index contributed by atoms with van der Waals surface area (Å²) in [5.41, 5.74) is 6.39. The molecule has 0 radical (unpaired) electrons. The molecule has 0 bridgehead atoms. The van der Waals surface area contributed by atoms with Crippen molar-refractivity contribution in [3.63, 3.8) is 0 Å². The van der Waals surface area contributed by atoms with E-state index in [0.29, 0.717) is 5.57 Å². The number of hydrogen-bond donors (Lipinski definition) is 1. The van der Waals surface area contributed by atoms with E-state index in [9.17, 15) is 4.79 Å². The molecule has 0 aliphatic heterocycles. The Labute approximate surface area is 108 Å². The highest BCUT2D eigenvalue weighted by atomic mass is 16.1. The van der Waals surface area contributed by atoms with Gasteiger partial charge in [0.05, 0.1) is 6.07 Å². The van der Waals surface area contributed by atoms with Crippen LogP contribution >= 0.6 is 0 Å².